The standard InChI is InChI=1S/C36H37Cl2N3O5S/c1-46-30-17-19-31(20-18-30)47(44,45)41(29-14-6-3-7-15-29)25-35(42)40(24-27-16-21-32(37)33(38)22-27)34(23-26-10-4-2-5-11-26)36(43)39-28-12-8-9-13-28/h2-7,10-11,14-22,28,34H,8-9,12-13,23-25H2,1H3,(H,39,43)/t34-/m1/s1. The highest BCUT2D eigenvalue weighted by atomic mass is 35.5. The second-order valence-electron chi connectivity index (χ2n) is 11.5. The Labute approximate surface area is 286 Å². The first kappa shape index (κ1) is 34.3. The fraction of sp³-hybridized carbons (Fsp3) is 0.278. The number of halogens is 2. The third-order valence-electron chi connectivity index (χ3n) is 8.28. The smallest absolute Gasteiger partial charge is 0.264 e. The van der Waals surface area contributed by atoms with Crippen LogP contribution in [0.1, 0.15) is 36.8 Å². The number of sulfonamides is 1. The number of nitrogens with one attached hydrogen (secondary N) is 1. The van der Waals surface area contributed by atoms with Crippen molar-refractivity contribution in [2.75, 3.05) is 18.0 Å². The predicted molar refractivity (Wildman–Crippen MR) is 185 cm³/mol. The van der Waals surface area contributed by atoms with Gasteiger partial charge in [0.1, 0.15) is 18.3 Å². The van der Waals surface area contributed by atoms with Gasteiger partial charge in [-0.15, -0.1) is 0 Å². The Morgan fingerprint density at radius 1 is 0.851 bits per heavy atom. The number of ether oxygens (including phenoxy) is 1. The highest BCUT2D eigenvalue weighted by Gasteiger charge is 2.35. The molecule has 0 aromatic heterocycles. The number of benzene rings is 4. The summed E-state index contributed by atoms with van der Waals surface area (Å²) in [7, 11) is -2.73. The van der Waals surface area contributed by atoms with Crippen molar-refractivity contribution in [3.8, 4) is 5.75 Å². The second-order valence-corrected chi connectivity index (χ2v) is 14.2. The van der Waals surface area contributed by atoms with E-state index in [1.165, 1.54) is 24.1 Å². The normalized spacial score (nSPS) is 13.9. The molecule has 0 saturated heterocycles. The van der Waals surface area contributed by atoms with Crippen molar-refractivity contribution in [2.24, 2.45) is 0 Å². The molecule has 2 amide bonds. The molecule has 8 nitrogen and oxygen atoms in total. The van der Waals surface area contributed by atoms with Crippen LogP contribution >= 0.6 is 23.2 Å². The number of amides is 2. The lowest BCUT2D eigenvalue weighted by molar-refractivity contribution is -0.140. The lowest BCUT2D eigenvalue weighted by Gasteiger charge is -2.34. The SMILES string of the molecule is COc1ccc(S(=O)(=O)N(CC(=O)N(Cc2ccc(Cl)c(Cl)c2)[C@H](Cc2ccccc2)C(=O)NC2CCCC2)c2ccccc2)cc1. The summed E-state index contributed by atoms with van der Waals surface area (Å²) in [6.07, 6.45) is 4.01. The molecule has 1 saturated carbocycles. The number of carbonyl (C=O) groups excluding carboxylic acids is 2. The van der Waals surface area contributed by atoms with Crippen LogP contribution in [0.4, 0.5) is 5.69 Å². The molecule has 0 bridgehead atoms. The Morgan fingerprint density at radius 2 is 1.49 bits per heavy atom. The Morgan fingerprint density at radius 3 is 2.11 bits per heavy atom. The highest BCUT2D eigenvalue weighted by molar-refractivity contribution is 7.92. The van der Waals surface area contributed by atoms with Crippen LogP contribution in [0.25, 0.3) is 0 Å². The summed E-state index contributed by atoms with van der Waals surface area (Å²) >= 11 is 12.6. The molecule has 0 spiro atoms. The first-order valence-electron chi connectivity index (χ1n) is 15.5. The van der Waals surface area contributed by atoms with E-state index in [1.54, 1.807) is 60.7 Å². The van der Waals surface area contributed by atoms with Crippen LogP contribution in [0.5, 0.6) is 5.75 Å². The lowest BCUT2D eigenvalue weighted by atomic mass is 10.0. The summed E-state index contributed by atoms with van der Waals surface area (Å²) in [6, 6.07) is 28.0. The Bertz CT molecular complexity index is 1770. The average molecular weight is 695 g/mol. The van der Waals surface area contributed by atoms with Gasteiger partial charge in [-0.3, -0.25) is 13.9 Å². The monoisotopic (exact) mass is 693 g/mol. The maximum absolute atomic E-state index is 14.6. The van der Waals surface area contributed by atoms with E-state index < -0.39 is 28.5 Å². The maximum atomic E-state index is 14.6. The summed E-state index contributed by atoms with van der Waals surface area (Å²) in [4.78, 5) is 30.1. The van der Waals surface area contributed by atoms with Crippen LogP contribution in [0, 0.1) is 0 Å². The summed E-state index contributed by atoms with van der Waals surface area (Å²) in [5, 5.41) is 3.83. The van der Waals surface area contributed by atoms with Crippen molar-refractivity contribution in [3.63, 3.8) is 0 Å². The van der Waals surface area contributed by atoms with E-state index in [2.05, 4.69) is 5.32 Å². The van der Waals surface area contributed by atoms with Crippen LogP contribution in [0.2, 0.25) is 10.0 Å². The molecule has 0 radical (unpaired) electrons. The molecule has 4 aromatic carbocycles. The molecule has 246 valence electrons. The summed E-state index contributed by atoms with van der Waals surface area (Å²) in [6.45, 7) is -0.557. The number of hydrogen-bond acceptors (Lipinski definition) is 5. The quantitative estimate of drug-likeness (QED) is 0.164. The highest BCUT2D eigenvalue weighted by Crippen LogP contribution is 2.28. The fourth-order valence-electron chi connectivity index (χ4n) is 5.75. The van der Waals surface area contributed by atoms with Crippen LogP contribution < -0.4 is 14.4 Å². The van der Waals surface area contributed by atoms with Gasteiger partial charge < -0.3 is 15.0 Å². The van der Waals surface area contributed by atoms with Crippen molar-refractivity contribution < 1.29 is 22.7 Å². The van der Waals surface area contributed by atoms with Crippen molar-refractivity contribution in [3.05, 3.63) is 124 Å². The third kappa shape index (κ3) is 8.66. The van der Waals surface area contributed by atoms with E-state index in [4.69, 9.17) is 27.9 Å². The lowest BCUT2D eigenvalue weighted by Crippen LogP contribution is -2.54. The van der Waals surface area contributed by atoms with Crippen LogP contribution in [-0.4, -0.2) is 50.9 Å². The van der Waals surface area contributed by atoms with Gasteiger partial charge in [0.2, 0.25) is 11.8 Å². The van der Waals surface area contributed by atoms with E-state index in [0.717, 1.165) is 35.6 Å². The van der Waals surface area contributed by atoms with Gasteiger partial charge >= 0.3 is 0 Å². The molecule has 11 heteroatoms. The van der Waals surface area contributed by atoms with Crippen LogP contribution in [-0.2, 0) is 32.6 Å². The van der Waals surface area contributed by atoms with Crippen LogP contribution in [0.3, 0.4) is 0 Å². The zero-order valence-corrected chi connectivity index (χ0v) is 28.3. The first-order chi connectivity index (χ1) is 22.7. The van der Waals surface area contributed by atoms with Gasteiger partial charge in [0, 0.05) is 19.0 Å². The number of carbonyl (C=O) groups is 2. The molecule has 0 heterocycles. The summed E-state index contributed by atoms with van der Waals surface area (Å²) < 4.78 is 34.6. The molecule has 1 atom stereocenters. The number of nitrogens with zero attached hydrogens (tertiary/aromatic N) is 2. The molecule has 1 aliphatic carbocycles. The van der Waals surface area contributed by atoms with Crippen molar-refractivity contribution in [2.45, 2.75) is 55.6 Å². The topological polar surface area (TPSA) is 96.0 Å². The molecule has 4 aromatic rings. The largest absolute Gasteiger partial charge is 0.497 e. The fourth-order valence-corrected chi connectivity index (χ4v) is 7.49. The molecular weight excluding hydrogens is 657 g/mol. The number of para-hydroxylation sites is 1. The van der Waals surface area contributed by atoms with Gasteiger partial charge in [-0.1, -0.05) is 90.6 Å². The van der Waals surface area contributed by atoms with Gasteiger partial charge in [-0.2, -0.15) is 0 Å². The van der Waals surface area contributed by atoms with E-state index >= 15 is 0 Å². The number of methoxy groups -OCH3 is 1. The number of rotatable bonds is 13. The van der Waals surface area contributed by atoms with E-state index in [9.17, 15) is 18.0 Å². The zero-order chi connectivity index (χ0) is 33.4. The molecule has 47 heavy (non-hydrogen) atoms. The summed E-state index contributed by atoms with van der Waals surface area (Å²) in [5.41, 5.74) is 1.81. The molecule has 1 fully saturated rings. The number of hydrogen-bond donors (Lipinski definition) is 1. The third-order valence-corrected chi connectivity index (χ3v) is 10.8. The van der Waals surface area contributed by atoms with E-state index in [1.807, 2.05) is 30.3 Å². The zero-order valence-electron chi connectivity index (χ0n) is 26.0. The molecular formula is C36H37Cl2N3O5S. The Balaban J connectivity index is 1.56. The van der Waals surface area contributed by atoms with Crippen molar-refractivity contribution in [1.82, 2.24) is 10.2 Å². The minimum Gasteiger partial charge on any atom is -0.497 e. The number of anilines is 1. The van der Waals surface area contributed by atoms with Gasteiger partial charge in [-0.25, -0.2) is 8.42 Å². The van der Waals surface area contributed by atoms with E-state index in [0.29, 0.717) is 27.0 Å². The minimum absolute atomic E-state index is 0.00345. The van der Waals surface area contributed by atoms with Crippen LogP contribution in [0.15, 0.2) is 108 Å². The van der Waals surface area contributed by atoms with Gasteiger partial charge in [0.25, 0.3) is 10.0 Å². The predicted octanol–water partition coefficient (Wildman–Crippen LogP) is 6.90. The average Bonchev–Trinajstić information content (AvgIpc) is 3.60. The van der Waals surface area contributed by atoms with Gasteiger partial charge in [0.15, 0.2) is 0 Å². The van der Waals surface area contributed by atoms with Gasteiger partial charge in [0.05, 0.1) is 27.7 Å². The van der Waals surface area contributed by atoms with Crippen molar-refractivity contribution >= 4 is 50.7 Å². The summed E-state index contributed by atoms with van der Waals surface area (Å²) in [5.74, 6) is -0.353. The first-order valence-corrected chi connectivity index (χ1v) is 17.6. The Hall–Kier alpha value is -4.05. The second kappa shape index (κ2) is 15.7. The molecule has 5 rings (SSSR count). The maximum Gasteiger partial charge on any atom is 0.264 e. The Kier molecular flexibility index (Phi) is 11.4. The van der Waals surface area contributed by atoms with Crippen molar-refractivity contribution in [1.29, 1.82) is 0 Å². The molecule has 1 N–H and O–H groups in total. The molecule has 0 aliphatic heterocycles. The van der Waals surface area contributed by atoms with Gasteiger partial charge in [-0.05, 0) is 72.5 Å². The molecule has 0 unspecified atom stereocenters. The van der Waals surface area contributed by atoms with E-state index in [-0.39, 0.29) is 29.8 Å². The molecule has 1 aliphatic rings. The minimum atomic E-state index is -4.23.